The molecule has 3 N–H and O–H groups in total. The number of carboxylic acid groups (broad SMARTS) is 1. The largest absolute Gasteiger partial charge is 0.476 e. The standard InChI is InChI=1S/C5H3F2N3O4S/c6-5(7,3(12)13)15-2-1(11)8-4(14)10-9-2/h(H,12,13)(H2,8,10,11,14). The molecule has 15 heavy (non-hydrogen) atoms. The van der Waals surface area contributed by atoms with Crippen LogP contribution in [0.4, 0.5) is 8.78 Å². The maximum Gasteiger partial charge on any atom is 0.394 e. The molecule has 0 atom stereocenters. The number of H-pyrrole nitrogens is 2. The molecule has 0 saturated carbocycles. The van der Waals surface area contributed by atoms with Crippen LogP contribution in [0.5, 0.6) is 0 Å². The number of nitrogens with one attached hydrogen (secondary N) is 2. The quantitative estimate of drug-likeness (QED) is 0.596. The van der Waals surface area contributed by atoms with E-state index in [0.29, 0.717) is 0 Å². The van der Waals surface area contributed by atoms with Gasteiger partial charge in [0.1, 0.15) is 0 Å². The number of hydrogen-bond donors (Lipinski definition) is 3. The predicted octanol–water partition coefficient (Wildman–Crippen LogP) is -0.772. The van der Waals surface area contributed by atoms with Crippen LogP contribution in [-0.4, -0.2) is 31.5 Å². The molecule has 0 fully saturated rings. The molecule has 0 bridgehead atoms. The highest BCUT2D eigenvalue weighted by atomic mass is 32.2. The summed E-state index contributed by atoms with van der Waals surface area (Å²) in [5.74, 6) is -2.40. The van der Waals surface area contributed by atoms with Crippen LogP contribution in [0, 0.1) is 0 Å². The zero-order valence-electron chi connectivity index (χ0n) is 6.78. The first-order valence-electron chi connectivity index (χ1n) is 3.32. The molecule has 1 rings (SSSR count). The third-order valence-electron chi connectivity index (χ3n) is 1.15. The van der Waals surface area contributed by atoms with E-state index in [4.69, 9.17) is 5.11 Å². The van der Waals surface area contributed by atoms with Crippen LogP contribution in [0.15, 0.2) is 14.6 Å². The Morgan fingerprint density at radius 1 is 1.47 bits per heavy atom. The van der Waals surface area contributed by atoms with Gasteiger partial charge in [-0.1, -0.05) is 0 Å². The van der Waals surface area contributed by atoms with Crippen LogP contribution in [0.25, 0.3) is 0 Å². The molecule has 0 spiro atoms. The van der Waals surface area contributed by atoms with E-state index in [1.54, 1.807) is 10.1 Å². The van der Waals surface area contributed by atoms with Crippen LogP contribution in [0.2, 0.25) is 0 Å². The average Bonchev–Trinajstić information content (AvgIpc) is 2.09. The van der Waals surface area contributed by atoms with Gasteiger partial charge in [0.25, 0.3) is 5.56 Å². The number of aromatic nitrogens is 3. The molecule has 0 unspecified atom stereocenters. The number of carbonyl (C=O) groups is 1. The van der Waals surface area contributed by atoms with Crippen molar-refractivity contribution in [2.45, 2.75) is 10.3 Å². The van der Waals surface area contributed by atoms with E-state index < -0.39 is 39.3 Å². The molecule has 0 saturated heterocycles. The van der Waals surface area contributed by atoms with Gasteiger partial charge in [0.2, 0.25) is 0 Å². The van der Waals surface area contributed by atoms with Crippen LogP contribution in [0.1, 0.15) is 0 Å². The Bertz CT molecular complexity index is 496. The van der Waals surface area contributed by atoms with Crippen LogP contribution in [0.3, 0.4) is 0 Å². The van der Waals surface area contributed by atoms with Crippen molar-refractivity contribution in [3.63, 3.8) is 0 Å². The number of rotatable bonds is 3. The van der Waals surface area contributed by atoms with Crippen molar-refractivity contribution >= 4 is 17.7 Å². The van der Waals surface area contributed by atoms with Crippen LogP contribution < -0.4 is 11.2 Å². The lowest BCUT2D eigenvalue weighted by atomic mass is 10.7. The van der Waals surface area contributed by atoms with Gasteiger partial charge in [-0.2, -0.15) is 13.9 Å². The molecular weight excluding hydrogens is 236 g/mol. The van der Waals surface area contributed by atoms with Crippen molar-refractivity contribution in [1.29, 1.82) is 0 Å². The number of halogens is 2. The van der Waals surface area contributed by atoms with Gasteiger partial charge in [-0.15, -0.1) is 0 Å². The van der Waals surface area contributed by atoms with E-state index in [1.165, 1.54) is 0 Å². The van der Waals surface area contributed by atoms with Gasteiger partial charge >= 0.3 is 16.9 Å². The van der Waals surface area contributed by atoms with E-state index in [0.717, 1.165) is 0 Å². The first-order chi connectivity index (χ1) is 6.83. The number of carboxylic acids is 1. The smallest absolute Gasteiger partial charge is 0.394 e. The van der Waals surface area contributed by atoms with Crippen molar-refractivity contribution in [3.8, 4) is 0 Å². The molecule has 0 aliphatic heterocycles. The van der Waals surface area contributed by atoms with Gasteiger partial charge in [0.15, 0.2) is 5.03 Å². The molecule has 1 heterocycles. The molecule has 82 valence electrons. The molecule has 0 radical (unpaired) electrons. The molecule has 10 heteroatoms. The minimum atomic E-state index is -4.18. The number of hydrogen-bond acceptors (Lipinski definition) is 5. The first kappa shape index (κ1) is 11.4. The average molecular weight is 239 g/mol. The Kier molecular flexibility index (Phi) is 2.88. The Morgan fingerprint density at radius 2 is 2.07 bits per heavy atom. The Labute approximate surface area is 83.5 Å². The molecule has 1 aromatic heterocycles. The van der Waals surface area contributed by atoms with E-state index in [2.05, 4.69) is 5.10 Å². The van der Waals surface area contributed by atoms with Gasteiger partial charge in [0.05, 0.1) is 0 Å². The highest BCUT2D eigenvalue weighted by Crippen LogP contribution is 2.32. The van der Waals surface area contributed by atoms with Gasteiger partial charge in [-0.05, 0) is 11.8 Å². The van der Waals surface area contributed by atoms with Crippen LogP contribution in [-0.2, 0) is 4.79 Å². The van der Waals surface area contributed by atoms with Crippen molar-refractivity contribution in [1.82, 2.24) is 15.2 Å². The Hall–Kier alpha value is -1.71. The lowest BCUT2D eigenvalue weighted by Crippen LogP contribution is -2.29. The van der Waals surface area contributed by atoms with E-state index in [1.807, 2.05) is 0 Å². The maximum atomic E-state index is 12.6. The first-order valence-corrected chi connectivity index (χ1v) is 4.14. The zero-order chi connectivity index (χ0) is 11.6. The van der Waals surface area contributed by atoms with Gasteiger partial charge in [-0.25, -0.2) is 14.7 Å². The second-order valence-electron chi connectivity index (χ2n) is 2.24. The number of aromatic amines is 2. The second kappa shape index (κ2) is 3.81. The lowest BCUT2D eigenvalue weighted by Gasteiger charge is -2.07. The maximum absolute atomic E-state index is 12.6. The fourth-order valence-corrected chi connectivity index (χ4v) is 1.14. The second-order valence-corrected chi connectivity index (χ2v) is 3.34. The summed E-state index contributed by atoms with van der Waals surface area (Å²) in [6, 6.07) is 0. The SMILES string of the molecule is O=C(O)C(F)(F)Sc1n[nH]c(=O)[nH]c1=O. The van der Waals surface area contributed by atoms with E-state index >= 15 is 0 Å². The van der Waals surface area contributed by atoms with Crippen molar-refractivity contribution < 1.29 is 18.7 Å². The normalized spacial score (nSPS) is 11.3. The molecule has 0 aliphatic rings. The summed E-state index contributed by atoms with van der Waals surface area (Å²) >= 11 is -0.569. The molecule has 1 aromatic rings. The number of thioether (sulfide) groups is 1. The third kappa shape index (κ3) is 2.62. The minimum Gasteiger partial charge on any atom is -0.476 e. The summed E-state index contributed by atoms with van der Waals surface area (Å²) in [6.07, 6.45) is 0. The third-order valence-corrected chi connectivity index (χ3v) is 2.06. The summed E-state index contributed by atoms with van der Waals surface area (Å²) in [5, 5.41) is 7.73. The van der Waals surface area contributed by atoms with Gasteiger partial charge < -0.3 is 5.11 Å². The summed E-state index contributed by atoms with van der Waals surface area (Å²) in [6.45, 7) is 0. The zero-order valence-corrected chi connectivity index (χ0v) is 7.60. The Balaban J connectivity index is 3.06. The summed E-state index contributed by atoms with van der Waals surface area (Å²) in [5.41, 5.74) is -2.15. The lowest BCUT2D eigenvalue weighted by molar-refractivity contribution is -0.152. The fourth-order valence-electron chi connectivity index (χ4n) is 0.571. The van der Waals surface area contributed by atoms with Gasteiger partial charge in [-0.3, -0.25) is 9.78 Å². The predicted molar refractivity (Wildman–Crippen MR) is 43.9 cm³/mol. The number of nitrogens with zero attached hydrogens (tertiary/aromatic N) is 1. The number of alkyl halides is 2. The minimum absolute atomic E-state index is 0.569. The highest BCUT2D eigenvalue weighted by molar-refractivity contribution is 8.01. The van der Waals surface area contributed by atoms with E-state index in [-0.39, 0.29) is 0 Å². The molecule has 0 amide bonds. The summed E-state index contributed by atoms with van der Waals surface area (Å²) < 4.78 is 25.2. The van der Waals surface area contributed by atoms with Crippen LogP contribution >= 0.6 is 11.8 Å². The van der Waals surface area contributed by atoms with Crippen molar-refractivity contribution in [2.75, 3.05) is 0 Å². The fraction of sp³-hybridized carbons (Fsp3) is 0.200. The van der Waals surface area contributed by atoms with E-state index in [9.17, 15) is 23.2 Å². The van der Waals surface area contributed by atoms with Crippen molar-refractivity contribution in [3.05, 3.63) is 20.8 Å². The topological polar surface area (TPSA) is 116 Å². The monoisotopic (exact) mass is 239 g/mol. The number of aliphatic carboxylic acids is 1. The molecule has 0 aliphatic carbocycles. The van der Waals surface area contributed by atoms with Crippen molar-refractivity contribution in [2.24, 2.45) is 0 Å². The molecule has 0 aromatic carbocycles. The highest BCUT2D eigenvalue weighted by Gasteiger charge is 2.41. The summed E-state index contributed by atoms with van der Waals surface area (Å²) in [4.78, 5) is 33.0. The van der Waals surface area contributed by atoms with Gasteiger partial charge in [0, 0.05) is 0 Å². The molecule has 7 nitrogen and oxygen atoms in total. The Morgan fingerprint density at radius 3 is 2.53 bits per heavy atom. The summed E-state index contributed by atoms with van der Waals surface area (Å²) in [7, 11) is 0. The molecular formula is C5H3F2N3O4S.